The molecule has 0 spiro atoms. The van der Waals surface area contributed by atoms with Gasteiger partial charge in [-0.05, 0) is 58.1 Å². The summed E-state index contributed by atoms with van der Waals surface area (Å²) in [6.45, 7) is 0. The molecule has 0 aliphatic heterocycles. The van der Waals surface area contributed by atoms with Crippen molar-refractivity contribution >= 4 is 54.6 Å². The third-order valence-corrected chi connectivity index (χ3v) is 8.53. The number of hydrogen-bond donors (Lipinski definition) is 0. The first-order valence-electron chi connectivity index (χ1n) is 14.5. The second kappa shape index (κ2) is 9.37. The summed E-state index contributed by atoms with van der Waals surface area (Å²) >= 11 is 0. The van der Waals surface area contributed by atoms with Gasteiger partial charge < -0.3 is 4.42 Å². The first kappa shape index (κ1) is 23.9. The number of aromatic nitrogens is 2. The zero-order valence-electron chi connectivity index (χ0n) is 23.2. The Balaban J connectivity index is 1.09. The van der Waals surface area contributed by atoms with Gasteiger partial charge in [0.15, 0.2) is 0 Å². The molecule has 43 heavy (non-hydrogen) atoms. The molecule has 0 bridgehead atoms. The lowest BCUT2D eigenvalue weighted by Crippen LogP contribution is -1.91. The van der Waals surface area contributed by atoms with Gasteiger partial charge in [0.1, 0.15) is 11.2 Å². The van der Waals surface area contributed by atoms with Gasteiger partial charge in [-0.3, -0.25) is 4.98 Å². The van der Waals surface area contributed by atoms with E-state index in [9.17, 15) is 0 Å². The Hall–Kier alpha value is -5.80. The number of para-hydroxylation sites is 2. The number of rotatable bonds is 3. The molecule has 9 aromatic rings. The maximum atomic E-state index is 6.12. The van der Waals surface area contributed by atoms with Crippen molar-refractivity contribution in [3.05, 3.63) is 146 Å². The van der Waals surface area contributed by atoms with E-state index in [2.05, 4.69) is 115 Å². The Labute approximate surface area is 247 Å². The molecule has 0 saturated carbocycles. The third-order valence-electron chi connectivity index (χ3n) is 8.53. The molecule has 0 aliphatic carbocycles. The minimum atomic E-state index is 0.915. The fourth-order valence-corrected chi connectivity index (χ4v) is 6.39. The van der Waals surface area contributed by atoms with Gasteiger partial charge in [0.25, 0.3) is 0 Å². The second-order valence-electron chi connectivity index (χ2n) is 11.0. The molecule has 3 nitrogen and oxygen atoms in total. The number of pyridine rings is 2. The van der Waals surface area contributed by atoms with Crippen molar-refractivity contribution in [2.24, 2.45) is 0 Å². The van der Waals surface area contributed by atoms with E-state index in [1.165, 1.54) is 27.8 Å². The number of fused-ring (bicyclic) bond motifs is 7. The topological polar surface area (TPSA) is 38.9 Å². The van der Waals surface area contributed by atoms with Crippen LogP contribution in [-0.4, -0.2) is 9.97 Å². The maximum absolute atomic E-state index is 6.12. The quantitative estimate of drug-likeness (QED) is 0.163. The van der Waals surface area contributed by atoms with Gasteiger partial charge in [-0.2, -0.15) is 0 Å². The van der Waals surface area contributed by atoms with Crippen LogP contribution in [0.5, 0.6) is 0 Å². The summed E-state index contributed by atoms with van der Waals surface area (Å²) in [5, 5.41) is 5.66. The van der Waals surface area contributed by atoms with Gasteiger partial charge in [0, 0.05) is 38.7 Å². The van der Waals surface area contributed by atoms with Crippen molar-refractivity contribution in [3.63, 3.8) is 0 Å². The molecular formula is C40H24N2O. The average Bonchev–Trinajstić information content (AvgIpc) is 3.45. The van der Waals surface area contributed by atoms with Crippen LogP contribution in [0.15, 0.2) is 150 Å². The van der Waals surface area contributed by atoms with Crippen LogP contribution < -0.4 is 0 Å². The van der Waals surface area contributed by atoms with Crippen LogP contribution in [0, 0.1) is 0 Å². The molecule has 0 amide bonds. The third kappa shape index (κ3) is 3.83. The first-order chi connectivity index (χ1) is 21.3. The Bertz CT molecular complexity index is 2490. The highest BCUT2D eigenvalue weighted by atomic mass is 16.3. The fourth-order valence-electron chi connectivity index (χ4n) is 6.39. The summed E-state index contributed by atoms with van der Waals surface area (Å²) < 4.78 is 6.12. The van der Waals surface area contributed by atoms with Gasteiger partial charge in [-0.25, -0.2) is 4.98 Å². The highest BCUT2D eigenvalue weighted by Gasteiger charge is 2.14. The Morgan fingerprint density at radius 2 is 1.05 bits per heavy atom. The fraction of sp³-hybridized carbons (Fsp3) is 0. The van der Waals surface area contributed by atoms with Gasteiger partial charge >= 0.3 is 0 Å². The predicted octanol–water partition coefficient (Wildman–Crippen LogP) is 10.8. The van der Waals surface area contributed by atoms with Crippen LogP contribution >= 0.6 is 0 Å². The van der Waals surface area contributed by atoms with Crippen molar-refractivity contribution in [1.82, 2.24) is 9.97 Å². The average molecular weight is 549 g/mol. The highest BCUT2D eigenvalue weighted by molar-refractivity contribution is 6.16. The van der Waals surface area contributed by atoms with Gasteiger partial charge in [0.2, 0.25) is 0 Å². The summed E-state index contributed by atoms with van der Waals surface area (Å²) in [4.78, 5) is 9.74. The lowest BCUT2D eigenvalue weighted by molar-refractivity contribution is 0.669. The molecule has 0 radical (unpaired) electrons. The molecular weight excluding hydrogens is 524 g/mol. The van der Waals surface area contributed by atoms with Crippen LogP contribution in [0.25, 0.3) is 88.0 Å². The standard InChI is InChI=1S/C40H24N2O/c1-3-9-35-33(8-1)38(34-22-19-29-6-5-23-41-39(29)40(34)42-35)28-17-15-26(16-18-28)25-11-13-27(14-12-25)30-20-21-32-31-7-2-4-10-36(31)43-37(32)24-30/h1-24H. The molecule has 3 aromatic heterocycles. The molecule has 0 fully saturated rings. The summed E-state index contributed by atoms with van der Waals surface area (Å²) in [5.74, 6) is 0. The molecule has 0 atom stereocenters. The molecule has 9 rings (SSSR count). The summed E-state index contributed by atoms with van der Waals surface area (Å²) in [5.41, 5.74) is 11.7. The van der Waals surface area contributed by atoms with E-state index >= 15 is 0 Å². The van der Waals surface area contributed by atoms with Crippen LogP contribution in [0.1, 0.15) is 0 Å². The minimum Gasteiger partial charge on any atom is -0.456 e. The Morgan fingerprint density at radius 3 is 1.86 bits per heavy atom. The molecule has 0 saturated heterocycles. The van der Waals surface area contributed by atoms with Crippen LogP contribution in [0.2, 0.25) is 0 Å². The number of hydrogen-bond acceptors (Lipinski definition) is 3. The van der Waals surface area contributed by atoms with Crippen LogP contribution in [0.3, 0.4) is 0 Å². The smallest absolute Gasteiger partial charge is 0.136 e. The summed E-state index contributed by atoms with van der Waals surface area (Å²) in [6, 6.07) is 49.1. The van der Waals surface area contributed by atoms with Gasteiger partial charge in [-0.15, -0.1) is 0 Å². The van der Waals surface area contributed by atoms with E-state index in [-0.39, 0.29) is 0 Å². The van der Waals surface area contributed by atoms with Crippen LogP contribution in [-0.2, 0) is 0 Å². The van der Waals surface area contributed by atoms with Crippen molar-refractivity contribution in [1.29, 1.82) is 0 Å². The summed E-state index contributed by atoms with van der Waals surface area (Å²) in [6.07, 6.45) is 1.84. The van der Waals surface area contributed by atoms with E-state index in [4.69, 9.17) is 14.4 Å². The minimum absolute atomic E-state index is 0.915. The first-order valence-corrected chi connectivity index (χ1v) is 14.5. The predicted molar refractivity (Wildman–Crippen MR) is 178 cm³/mol. The van der Waals surface area contributed by atoms with E-state index in [0.29, 0.717) is 0 Å². The molecule has 0 N–H and O–H groups in total. The number of nitrogens with zero attached hydrogens (tertiary/aromatic N) is 2. The molecule has 0 unspecified atom stereocenters. The molecule has 3 heterocycles. The zero-order chi connectivity index (χ0) is 28.3. The summed E-state index contributed by atoms with van der Waals surface area (Å²) in [7, 11) is 0. The maximum Gasteiger partial charge on any atom is 0.136 e. The van der Waals surface area contributed by atoms with E-state index < -0.39 is 0 Å². The number of furan rings is 1. The normalized spacial score (nSPS) is 11.7. The SMILES string of the molecule is c1cnc2c(c1)ccc1c(-c3ccc(-c4ccc(-c5ccc6c(c5)oc5ccccc56)cc4)cc3)c3ccccc3nc12. The van der Waals surface area contributed by atoms with Gasteiger partial charge in [-0.1, -0.05) is 109 Å². The molecule has 3 heteroatoms. The monoisotopic (exact) mass is 548 g/mol. The van der Waals surface area contributed by atoms with Crippen molar-refractivity contribution in [2.45, 2.75) is 0 Å². The Morgan fingerprint density at radius 1 is 0.419 bits per heavy atom. The molecule has 0 aliphatic rings. The number of benzene rings is 6. The van der Waals surface area contributed by atoms with E-state index in [1.807, 2.05) is 30.5 Å². The van der Waals surface area contributed by atoms with E-state index in [0.717, 1.165) is 60.2 Å². The lowest BCUT2D eigenvalue weighted by atomic mass is 9.93. The Kier molecular flexibility index (Phi) is 5.20. The highest BCUT2D eigenvalue weighted by Crippen LogP contribution is 2.38. The van der Waals surface area contributed by atoms with Gasteiger partial charge in [0.05, 0.1) is 16.6 Å². The zero-order valence-corrected chi connectivity index (χ0v) is 23.2. The van der Waals surface area contributed by atoms with Crippen molar-refractivity contribution in [3.8, 4) is 33.4 Å². The van der Waals surface area contributed by atoms with Crippen LogP contribution in [0.4, 0.5) is 0 Å². The molecule has 6 aromatic carbocycles. The molecule has 200 valence electrons. The van der Waals surface area contributed by atoms with Crippen molar-refractivity contribution < 1.29 is 4.42 Å². The lowest BCUT2D eigenvalue weighted by Gasteiger charge is -2.13. The van der Waals surface area contributed by atoms with Crippen molar-refractivity contribution in [2.75, 3.05) is 0 Å². The largest absolute Gasteiger partial charge is 0.456 e. The second-order valence-corrected chi connectivity index (χ2v) is 11.0. The van der Waals surface area contributed by atoms with E-state index in [1.54, 1.807) is 0 Å².